The molecule has 86 valence electrons. The number of unbranched alkanes of at least 4 members (excludes halogenated alkanes) is 2. The molecule has 0 saturated carbocycles. The Morgan fingerprint density at radius 1 is 1.47 bits per heavy atom. The van der Waals surface area contributed by atoms with Crippen LogP contribution in [0.2, 0.25) is 0 Å². The number of ether oxygens (including phenoxy) is 1. The second kappa shape index (κ2) is 6.90. The SMILES string of the molecule is COCCCCCC1N=C(N)SC=C1C. The summed E-state index contributed by atoms with van der Waals surface area (Å²) in [5.41, 5.74) is 7.02. The zero-order valence-corrected chi connectivity index (χ0v) is 10.3. The molecular formula is C11H20N2OS. The largest absolute Gasteiger partial charge is 0.385 e. The van der Waals surface area contributed by atoms with Gasteiger partial charge in [-0.3, -0.25) is 4.99 Å². The second-order valence-corrected chi connectivity index (χ2v) is 4.69. The molecule has 0 fully saturated rings. The van der Waals surface area contributed by atoms with Gasteiger partial charge < -0.3 is 10.5 Å². The van der Waals surface area contributed by atoms with Gasteiger partial charge in [0.1, 0.15) is 0 Å². The Hall–Kier alpha value is -0.480. The van der Waals surface area contributed by atoms with Crippen molar-refractivity contribution in [3.8, 4) is 0 Å². The highest BCUT2D eigenvalue weighted by molar-refractivity contribution is 8.16. The van der Waals surface area contributed by atoms with Gasteiger partial charge in [-0.25, -0.2) is 0 Å². The van der Waals surface area contributed by atoms with Crippen molar-refractivity contribution in [2.45, 2.75) is 38.6 Å². The molecule has 1 unspecified atom stereocenters. The van der Waals surface area contributed by atoms with E-state index in [1.807, 2.05) is 0 Å². The first-order chi connectivity index (χ1) is 7.24. The highest BCUT2D eigenvalue weighted by Gasteiger charge is 2.13. The maximum Gasteiger partial charge on any atom is 0.158 e. The Bertz CT molecular complexity index is 251. The van der Waals surface area contributed by atoms with Gasteiger partial charge in [-0.2, -0.15) is 0 Å². The summed E-state index contributed by atoms with van der Waals surface area (Å²) >= 11 is 1.52. The molecule has 0 aromatic rings. The lowest BCUT2D eigenvalue weighted by atomic mass is 10.0. The van der Waals surface area contributed by atoms with E-state index in [1.54, 1.807) is 7.11 Å². The Morgan fingerprint density at radius 3 is 3.00 bits per heavy atom. The average Bonchev–Trinajstić information content (AvgIpc) is 2.23. The Kier molecular flexibility index (Phi) is 5.79. The minimum absolute atomic E-state index is 0.314. The molecule has 1 heterocycles. The molecule has 1 aliphatic rings. The van der Waals surface area contributed by atoms with Crippen molar-refractivity contribution < 1.29 is 4.74 Å². The van der Waals surface area contributed by atoms with Gasteiger partial charge in [0, 0.05) is 13.7 Å². The van der Waals surface area contributed by atoms with Gasteiger partial charge in [0.2, 0.25) is 0 Å². The molecule has 4 heteroatoms. The van der Waals surface area contributed by atoms with Crippen molar-refractivity contribution in [1.29, 1.82) is 0 Å². The summed E-state index contributed by atoms with van der Waals surface area (Å²) in [6.07, 6.45) is 4.65. The number of hydrogen-bond acceptors (Lipinski definition) is 4. The monoisotopic (exact) mass is 228 g/mol. The number of methoxy groups -OCH3 is 1. The molecule has 0 aliphatic carbocycles. The highest BCUT2D eigenvalue weighted by Crippen LogP contribution is 2.23. The summed E-state index contributed by atoms with van der Waals surface area (Å²) < 4.78 is 5.01. The zero-order chi connectivity index (χ0) is 11.1. The van der Waals surface area contributed by atoms with Crippen molar-refractivity contribution in [3.63, 3.8) is 0 Å². The minimum atomic E-state index is 0.314. The highest BCUT2D eigenvalue weighted by atomic mass is 32.2. The number of nitrogens with zero attached hydrogens (tertiary/aromatic N) is 1. The number of nitrogens with two attached hydrogens (primary N) is 1. The molecule has 0 aromatic carbocycles. The van der Waals surface area contributed by atoms with Gasteiger partial charge in [-0.1, -0.05) is 24.6 Å². The quantitative estimate of drug-likeness (QED) is 0.711. The number of amidine groups is 1. The van der Waals surface area contributed by atoms with Crippen LogP contribution in [0.5, 0.6) is 0 Å². The van der Waals surface area contributed by atoms with E-state index in [1.165, 1.54) is 30.2 Å². The van der Waals surface area contributed by atoms with Crippen molar-refractivity contribution in [2.75, 3.05) is 13.7 Å². The number of aliphatic imine (C=N–C) groups is 1. The molecule has 3 nitrogen and oxygen atoms in total. The van der Waals surface area contributed by atoms with Crippen LogP contribution >= 0.6 is 11.8 Å². The van der Waals surface area contributed by atoms with Gasteiger partial charge in [-0.15, -0.1) is 0 Å². The van der Waals surface area contributed by atoms with Crippen LogP contribution in [0, 0.1) is 0 Å². The summed E-state index contributed by atoms with van der Waals surface area (Å²) in [7, 11) is 1.75. The van der Waals surface area contributed by atoms with Gasteiger partial charge in [-0.05, 0) is 30.7 Å². The normalized spacial score (nSPS) is 21.1. The van der Waals surface area contributed by atoms with Crippen LogP contribution in [0.3, 0.4) is 0 Å². The van der Waals surface area contributed by atoms with Gasteiger partial charge in [0.15, 0.2) is 5.17 Å². The maximum atomic E-state index is 5.69. The molecule has 0 spiro atoms. The van der Waals surface area contributed by atoms with Crippen LogP contribution in [0.15, 0.2) is 16.0 Å². The number of rotatable bonds is 6. The van der Waals surface area contributed by atoms with Crippen LogP contribution in [0.1, 0.15) is 32.6 Å². The Balaban J connectivity index is 2.19. The molecule has 0 radical (unpaired) electrons. The third kappa shape index (κ3) is 4.71. The number of hydrogen-bond donors (Lipinski definition) is 1. The molecule has 1 atom stereocenters. The lowest BCUT2D eigenvalue weighted by Gasteiger charge is -2.17. The van der Waals surface area contributed by atoms with Crippen LogP contribution < -0.4 is 5.73 Å². The molecule has 0 bridgehead atoms. The summed E-state index contributed by atoms with van der Waals surface area (Å²) in [5.74, 6) is 0. The molecule has 1 rings (SSSR count). The Labute approximate surface area is 96.2 Å². The van der Waals surface area contributed by atoms with Crippen LogP contribution in [0.4, 0.5) is 0 Å². The fraction of sp³-hybridized carbons (Fsp3) is 0.727. The first-order valence-electron chi connectivity index (χ1n) is 5.39. The summed E-state index contributed by atoms with van der Waals surface area (Å²) in [5, 5.41) is 2.81. The van der Waals surface area contributed by atoms with Gasteiger partial charge in [0.25, 0.3) is 0 Å². The van der Waals surface area contributed by atoms with Crippen molar-refractivity contribution in [1.82, 2.24) is 0 Å². The van der Waals surface area contributed by atoms with Gasteiger partial charge >= 0.3 is 0 Å². The van der Waals surface area contributed by atoms with E-state index in [9.17, 15) is 0 Å². The van der Waals surface area contributed by atoms with Crippen LogP contribution in [-0.4, -0.2) is 24.9 Å². The summed E-state index contributed by atoms with van der Waals surface area (Å²) in [6.45, 7) is 2.99. The lowest BCUT2D eigenvalue weighted by Crippen LogP contribution is -2.17. The predicted molar refractivity (Wildman–Crippen MR) is 67.1 cm³/mol. The summed E-state index contributed by atoms with van der Waals surface area (Å²) in [6, 6.07) is 0.314. The fourth-order valence-corrected chi connectivity index (χ4v) is 2.22. The molecule has 1 aliphatic heterocycles. The third-order valence-electron chi connectivity index (χ3n) is 2.50. The smallest absolute Gasteiger partial charge is 0.158 e. The molecule has 0 aromatic heterocycles. The average molecular weight is 228 g/mol. The van der Waals surface area contributed by atoms with E-state index < -0.39 is 0 Å². The van der Waals surface area contributed by atoms with E-state index in [0.717, 1.165) is 19.4 Å². The van der Waals surface area contributed by atoms with E-state index >= 15 is 0 Å². The van der Waals surface area contributed by atoms with Crippen molar-refractivity contribution >= 4 is 16.9 Å². The fourth-order valence-electron chi connectivity index (χ4n) is 1.57. The standard InChI is InChI=1S/C11H20N2OS/c1-9-8-15-11(12)13-10(9)6-4-3-5-7-14-2/h8,10H,3-7H2,1-2H3,(H2,12,13). The van der Waals surface area contributed by atoms with E-state index in [-0.39, 0.29) is 0 Å². The van der Waals surface area contributed by atoms with Crippen molar-refractivity contribution in [2.24, 2.45) is 10.7 Å². The summed E-state index contributed by atoms with van der Waals surface area (Å²) in [4.78, 5) is 4.44. The third-order valence-corrected chi connectivity index (χ3v) is 3.34. The maximum absolute atomic E-state index is 5.69. The first-order valence-corrected chi connectivity index (χ1v) is 6.27. The molecule has 0 amide bonds. The van der Waals surface area contributed by atoms with E-state index in [2.05, 4.69) is 17.3 Å². The molecule has 2 N–H and O–H groups in total. The van der Waals surface area contributed by atoms with E-state index in [0.29, 0.717) is 11.2 Å². The molecule has 15 heavy (non-hydrogen) atoms. The Morgan fingerprint density at radius 2 is 2.27 bits per heavy atom. The number of thioether (sulfide) groups is 1. The predicted octanol–water partition coefficient (Wildman–Crippen LogP) is 2.53. The topological polar surface area (TPSA) is 47.6 Å². The zero-order valence-electron chi connectivity index (χ0n) is 9.53. The van der Waals surface area contributed by atoms with Gasteiger partial charge in [0.05, 0.1) is 6.04 Å². The van der Waals surface area contributed by atoms with E-state index in [4.69, 9.17) is 10.5 Å². The first kappa shape index (κ1) is 12.6. The van der Waals surface area contributed by atoms with Crippen LogP contribution in [0.25, 0.3) is 0 Å². The van der Waals surface area contributed by atoms with Crippen molar-refractivity contribution in [3.05, 3.63) is 11.0 Å². The minimum Gasteiger partial charge on any atom is -0.385 e. The molecule has 0 saturated heterocycles. The second-order valence-electron chi connectivity index (χ2n) is 3.80. The van der Waals surface area contributed by atoms with Crippen LogP contribution in [-0.2, 0) is 4.74 Å². The lowest BCUT2D eigenvalue weighted by molar-refractivity contribution is 0.192. The molecular weight excluding hydrogens is 208 g/mol.